The molecule has 2 aliphatic heterocycles. The number of ether oxygens (including phenoxy) is 1. The van der Waals surface area contributed by atoms with Crippen LogP contribution in [0.25, 0.3) is 22.2 Å². The highest BCUT2D eigenvalue weighted by atomic mass is 32.3. The van der Waals surface area contributed by atoms with E-state index in [0.717, 1.165) is 48.2 Å². The van der Waals surface area contributed by atoms with E-state index in [1.807, 2.05) is 6.07 Å². The highest BCUT2D eigenvalue weighted by molar-refractivity contribution is 8.24. The predicted molar refractivity (Wildman–Crippen MR) is 136 cm³/mol. The second-order valence-electron chi connectivity index (χ2n) is 9.47. The number of halogens is 1. The van der Waals surface area contributed by atoms with Crippen molar-refractivity contribution in [2.75, 3.05) is 38.2 Å². The number of pyridine rings is 1. The van der Waals surface area contributed by atoms with Crippen LogP contribution < -0.4 is 10.1 Å². The maximum Gasteiger partial charge on any atom is 0.234 e. The molecule has 188 valence electrons. The van der Waals surface area contributed by atoms with Gasteiger partial charge in [-0.05, 0) is 68.2 Å². The Balaban J connectivity index is 1.24. The van der Waals surface area contributed by atoms with Gasteiger partial charge in [-0.2, -0.15) is 10.6 Å². The maximum absolute atomic E-state index is 14.0. The van der Waals surface area contributed by atoms with Gasteiger partial charge in [-0.3, -0.25) is 18.8 Å². The number of aromatic amines is 1. The topological polar surface area (TPSA) is 111 Å². The number of H-pyrrole nitrogens is 1. The normalized spacial score (nSPS) is 21.8. The van der Waals surface area contributed by atoms with Crippen LogP contribution in [0.5, 0.6) is 5.75 Å². The number of benzene rings is 1. The van der Waals surface area contributed by atoms with Gasteiger partial charge in [0.05, 0.1) is 19.4 Å². The summed E-state index contributed by atoms with van der Waals surface area (Å²) in [6.45, 7) is 1.91. The first-order valence-electron chi connectivity index (χ1n) is 11.9. The van der Waals surface area contributed by atoms with Crippen molar-refractivity contribution in [2.45, 2.75) is 31.2 Å². The third kappa shape index (κ3) is 5.30. The number of nitrogens with zero attached hydrogens (tertiary/aromatic N) is 2. The van der Waals surface area contributed by atoms with Crippen LogP contribution in [0.2, 0.25) is 0 Å². The molecule has 2 saturated heterocycles. The molecule has 0 radical (unpaired) electrons. The van der Waals surface area contributed by atoms with Crippen molar-refractivity contribution < 1.29 is 23.0 Å². The Morgan fingerprint density at radius 2 is 2.03 bits per heavy atom. The second kappa shape index (κ2) is 9.77. The first kappa shape index (κ1) is 24.1. The Labute approximate surface area is 205 Å². The molecule has 4 heterocycles. The van der Waals surface area contributed by atoms with Crippen molar-refractivity contribution in [3.63, 3.8) is 0 Å². The zero-order valence-corrected chi connectivity index (χ0v) is 20.5. The molecule has 2 fully saturated rings. The van der Waals surface area contributed by atoms with E-state index in [1.165, 1.54) is 12.1 Å². The second-order valence-corrected chi connectivity index (χ2v) is 11.8. The number of carbonyl (C=O) groups is 1. The zero-order chi connectivity index (χ0) is 24.6. The summed E-state index contributed by atoms with van der Waals surface area (Å²) in [6.07, 6.45) is 4.15. The number of methoxy groups -OCH3 is 1. The van der Waals surface area contributed by atoms with E-state index >= 15 is 0 Å². The highest BCUT2D eigenvalue weighted by Gasteiger charge is 2.30. The standard InChI is InChI=1S/C25H31FN4O4S/c1-34-23-3-2-17(26)12-20(23)19-4-8-27-25-21(19)13-22(29-25)16-5-9-30(10-6-16)14-24(31)28-18-7-11-35(32,33)15-18/h2-4,8,12-13,16,18,32-33H,5-7,9-11,14-15H2,1H3,(H,27,29)(H,28,31). The fourth-order valence-electron chi connectivity index (χ4n) is 5.20. The molecule has 2 aliphatic rings. The molecule has 1 amide bonds. The minimum Gasteiger partial charge on any atom is -0.496 e. The minimum atomic E-state index is -2.51. The summed E-state index contributed by atoms with van der Waals surface area (Å²) in [5, 5.41) is 3.87. The van der Waals surface area contributed by atoms with E-state index in [2.05, 4.69) is 26.3 Å². The molecular weight excluding hydrogens is 471 g/mol. The van der Waals surface area contributed by atoms with Crippen LogP contribution in [0.3, 0.4) is 0 Å². The molecule has 1 atom stereocenters. The monoisotopic (exact) mass is 502 g/mol. The van der Waals surface area contributed by atoms with Crippen molar-refractivity contribution in [3.05, 3.63) is 48.0 Å². The predicted octanol–water partition coefficient (Wildman–Crippen LogP) is 4.20. The summed E-state index contributed by atoms with van der Waals surface area (Å²) in [5.74, 6) is 1.17. The number of nitrogens with one attached hydrogen (secondary N) is 2. The lowest BCUT2D eigenvalue weighted by Crippen LogP contribution is -2.44. The third-order valence-corrected chi connectivity index (χ3v) is 8.85. The first-order valence-corrected chi connectivity index (χ1v) is 13.8. The molecule has 8 nitrogen and oxygen atoms in total. The van der Waals surface area contributed by atoms with Gasteiger partial charge in [0, 0.05) is 40.6 Å². The average Bonchev–Trinajstić information content (AvgIpc) is 3.42. The average molecular weight is 503 g/mol. The number of hydrogen-bond donors (Lipinski definition) is 4. The van der Waals surface area contributed by atoms with Gasteiger partial charge in [-0.25, -0.2) is 9.37 Å². The summed E-state index contributed by atoms with van der Waals surface area (Å²) >= 11 is 0. The van der Waals surface area contributed by atoms with Gasteiger partial charge < -0.3 is 15.0 Å². The van der Waals surface area contributed by atoms with E-state index < -0.39 is 10.6 Å². The van der Waals surface area contributed by atoms with Crippen LogP contribution in [0.1, 0.15) is 30.9 Å². The van der Waals surface area contributed by atoms with Gasteiger partial charge >= 0.3 is 0 Å². The van der Waals surface area contributed by atoms with Crippen LogP contribution >= 0.6 is 10.6 Å². The molecule has 0 saturated carbocycles. The molecule has 2 aromatic heterocycles. The molecule has 10 heteroatoms. The zero-order valence-electron chi connectivity index (χ0n) is 19.7. The molecule has 3 aromatic rings. The number of hydrogen-bond acceptors (Lipinski definition) is 6. The van der Waals surface area contributed by atoms with Crippen molar-refractivity contribution in [1.82, 2.24) is 20.2 Å². The summed E-state index contributed by atoms with van der Waals surface area (Å²) in [7, 11) is -0.936. The molecule has 0 spiro atoms. The van der Waals surface area contributed by atoms with E-state index in [0.29, 0.717) is 35.9 Å². The summed E-state index contributed by atoms with van der Waals surface area (Å²) in [5.41, 5.74) is 3.41. The molecule has 0 bridgehead atoms. The quantitative estimate of drug-likeness (QED) is 0.402. The largest absolute Gasteiger partial charge is 0.496 e. The summed E-state index contributed by atoms with van der Waals surface area (Å²) in [4.78, 5) is 22.5. The van der Waals surface area contributed by atoms with E-state index in [1.54, 1.807) is 19.4 Å². The van der Waals surface area contributed by atoms with Gasteiger partial charge in [0.15, 0.2) is 0 Å². The number of amides is 1. The number of rotatable bonds is 6. The van der Waals surface area contributed by atoms with E-state index in [9.17, 15) is 18.3 Å². The molecule has 1 unspecified atom stereocenters. The molecule has 5 rings (SSSR count). The Hall–Kier alpha value is -2.66. The van der Waals surface area contributed by atoms with E-state index in [4.69, 9.17) is 4.74 Å². The fraction of sp³-hybridized carbons (Fsp3) is 0.440. The van der Waals surface area contributed by atoms with Crippen molar-refractivity contribution in [3.8, 4) is 16.9 Å². The third-order valence-electron chi connectivity index (χ3n) is 7.03. The number of carbonyl (C=O) groups excluding carboxylic acids is 1. The Kier molecular flexibility index (Phi) is 6.71. The lowest BCUT2D eigenvalue weighted by atomic mass is 9.93. The molecule has 35 heavy (non-hydrogen) atoms. The van der Waals surface area contributed by atoms with Crippen LogP contribution in [0, 0.1) is 5.82 Å². The number of aromatic nitrogens is 2. The molecule has 4 N–H and O–H groups in total. The van der Waals surface area contributed by atoms with Gasteiger partial charge in [0.25, 0.3) is 0 Å². The molecule has 0 aliphatic carbocycles. The number of likely N-dealkylation sites (tertiary alicyclic amines) is 1. The Bertz CT molecular complexity index is 1230. The van der Waals surface area contributed by atoms with Crippen LogP contribution in [0.15, 0.2) is 36.5 Å². The molecule has 1 aromatic carbocycles. The van der Waals surface area contributed by atoms with Crippen molar-refractivity contribution in [1.29, 1.82) is 0 Å². The maximum atomic E-state index is 14.0. The van der Waals surface area contributed by atoms with Crippen LogP contribution in [-0.4, -0.2) is 74.2 Å². The molecular formula is C25H31FN4O4S. The van der Waals surface area contributed by atoms with Gasteiger partial charge in [-0.1, -0.05) is 0 Å². The Morgan fingerprint density at radius 1 is 1.23 bits per heavy atom. The van der Waals surface area contributed by atoms with E-state index in [-0.39, 0.29) is 23.5 Å². The number of fused-ring (bicyclic) bond motifs is 1. The SMILES string of the molecule is COc1ccc(F)cc1-c1ccnc2[nH]c(C3CCN(CC(=O)NC4CCS(O)(O)C4)CC3)cc12. The first-order chi connectivity index (χ1) is 16.8. The van der Waals surface area contributed by atoms with Crippen LogP contribution in [-0.2, 0) is 4.79 Å². The lowest BCUT2D eigenvalue weighted by molar-refractivity contribution is -0.123. The van der Waals surface area contributed by atoms with Gasteiger partial charge in [0.1, 0.15) is 17.2 Å². The minimum absolute atomic E-state index is 0.0611. The Morgan fingerprint density at radius 3 is 2.74 bits per heavy atom. The van der Waals surface area contributed by atoms with Crippen molar-refractivity contribution >= 4 is 27.5 Å². The smallest absolute Gasteiger partial charge is 0.234 e. The summed E-state index contributed by atoms with van der Waals surface area (Å²) in [6, 6.07) is 8.34. The highest BCUT2D eigenvalue weighted by Crippen LogP contribution is 2.45. The fourth-order valence-corrected chi connectivity index (χ4v) is 6.93. The summed E-state index contributed by atoms with van der Waals surface area (Å²) < 4.78 is 39.0. The van der Waals surface area contributed by atoms with Gasteiger partial charge in [0.2, 0.25) is 5.91 Å². The van der Waals surface area contributed by atoms with Gasteiger partial charge in [-0.15, -0.1) is 0 Å². The van der Waals surface area contributed by atoms with Crippen molar-refractivity contribution in [2.24, 2.45) is 0 Å². The van der Waals surface area contributed by atoms with Crippen LogP contribution in [0.4, 0.5) is 4.39 Å². The lowest BCUT2D eigenvalue weighted by Gasteiger charge is -2.31. The number of piperidine rings is 1.